The van der Waals surface area contributed by atoms with Gasteiger partial charge in [-0.25, -0.2) is 8.42 Å². The average Bonchev–Trinajstić information content (AvgIpc) is 2.77. The molecule has 0 spiro atoms. The van der Waals surface area contributed by atoms with Gasteiger partial charge in [0.05, 0.1) is 4.90 Å². The van der Waals surface area contributed by atoms with Gasteiger partial charge in [0.1, 0.15) is 10.1 Å². The quantitative estimate of drug-likeness (QED) is 0.168. The second-order valence-electron chi connectivity index (χ2n) is 9.28. The minimum atomic E-state index is -4.43. The monoisotopic (exact) mass is 498 g/mol. The van der Waals surface area contributed by atoms with E-state index >= 15 is 0 Å². The number of benzene rings is 2. The number of aryl methyl sites for hydroxylation is 2. The fraction of sp³-hybridized carbons (Fsp3) is 0.643. The van der Waals surface area contributed by atoms with Crippen LogP contribution >= 0.6 is 0 Å². The van der Waals surface area contributed by atoms with E-state index in [0.717, 1.165) is 30.0 Å². The Morgan fingerprint density at radius 1 is 0.667 bits per heavy atom. The van der Waals surface area contributed by atoms with Crippen molar-refractivity contribution in [3.05, 3.63) is 41.5 Å². The Hall–Kier alpha value is 0.246. The first-order valence-corrected chi connectivity index (χ1v) is 14.4. The van der Waals surface area contributed by atoms with Gasteiger partial charge in [0.2, 0.25) is 0 Å². The van der Waals surface area contributed by atoms with Crippen molar-refractivity contribution in [1.82, 2.24) is 0 Å². The summed E-state index contributed by atoms with van der Waals surface area (Å²) in [7, 11) is -4.43. The Kier molecular flexibility index (Phi) is 16.7. The molecule has 0 radical (unpaired) electrons. The van der Waals surface area contributed by atoms with Crippen LogP contribution in [0.2, 0.25) is 0 Å². The predicted molar refractivity (Wildman–Crippen MR) is 135 cm³/mol. The maximum Gasteiger partial charge on any atom is 1.00 e. The molecule has 5 heteroatoms. The van der Waals surface area contributed by atoms with Gasteiger partial charge in [-0.1, -0.05) is 109 Å². The maximum atomic E-state index is 11.5. The first-order valence-electron chi connectivity index (χ1n) is 13.0. The largest absolute Gasteiger partial charge is 1.00 e. The zero-order chi connectivity index (χ0) is 23.2. The van der Waals surface area contributed by atoms with E-state index in [9.17, 15) is 13.0 Å². The average molecular weight is 499 g/mol. The van der Waals surface area contributed by atoms with Crippen molar-refractivity contribution in [2.24, 2.45) is 0 Å². The smallest absolute Gasteiger partial charge is 0.744 e. The number of unbranched alkanes of at least 4 members (excludes halogenated alkanes) is 12. The Morgan fingerprint density at radius 3 is 1.73 bits per heavy atom. The van der Waals surface area contributed by atoms with Crippen molar-refractivity contribution in [2.45, 2.75) is 121 Å². The van der Waals surface area contributed by atoms with Crippen molar-refractivity contribution in [3.8, 4) is 0 Å². The molecule has 2 rings (SSSR count). The topological polar surface area (TPSA) is 57.2 Å². The summed E-state index contributed by atoms with van der Waals surface area (Å²) in [6, 6.07) is 9.04. The molecule has 0 N–H and O–H groups in total. The molecule has 0 saturated carbocycles. The Labute approximate surface area is 245 Å². The fourth-order valence-electron chi connectivity index (χ4n) is 4.63. The molecule has 0 amide bonds. The predicted octanol–water partition coefficient (Wildman–Crippen LogP) is 5.33. The molecule has 2 aromatic rings. The normalized spacial score (nSPS) is 11.6. The molecule has 0 aromatic heterocycles. The molecule has 180 valence electrons. The van der Waals surface area contributed by atoms with Gasteiger partial charge in [0.15, 0.2) is 0 Å². The minimum Gasteiger partial charge on any atom is -0.744 e. The molecule has 0 fully saturated rings. The van der Waals surface area contributed by atoms with Crippen LogP contribution in [0.25, 0.3) is 10.8 Å². The van der Waals surface area contributed by atoms with Crippen molar-refractivity contribution in [2.75, 3.05) is 0 Å². The van der Waals surface area contributed by atoms with Crippen LogP contribution in [0.5, 0.6) is 0 Å². The summed E-state index contributed by atoms with van der Waals surface area (Å²) in [5, 5.41) is 1.98. The van der Waals surface area contributed by atoms with Gasteiger partial charge in [0.25, 0.3) is 0 Å². The summed E-state index contributed by atoms with van der Waals surface area (Å²) in [6.07, 6.45) is 20.2. The maximum absolute atomic E-state index is 11.5. The third-order valence-corrected chi connectivity index (χ3v) is 7.40. The molecule has 33 heavy (non-hydrogen) atoms. The Bertz CT molecular complexity index is 909. The molecule has 0 atom stereocenters. The van der Waals surface area contributed by atoms with Crippen LogP contribution < -0.4 is 51.4 Å². The zero-order valence-electron chi connectivity index (χ0n) is 21.3. The van der Waals surface area contributed by atoms with Crippen LogP contribution in [0, 0.1) is 0 Å². The van der Waals surface area contributed by atoms with E-state index in [1.54, 1.807) is 6.07 Å². The number of hydrogen-bond acceptors (Lipinski definition) is 3. The molecule has 0 saturated heterocycles. The van der Waals surface area contributed by atoms with E-state index < -0.39 is 10.1 Å². The third kappa shape index (κ3) is 11.7. The van der Waals surface area contributed by atoms with E-state index in [-0.39, 0.29) is 56.3 Å². The van der Waals surface area contributed by atoms with Crippen LogP contribution in [-0.4, -0.2) is 13.0 Å². The van der Waals surface area contributed by atoms with Gasteiger partial charge in [-0.2, -0.15) is 0 Å². The van der Waals surface area contributed by atoms with Gasteiger partial charge in [-0.15, -0.1) is 0 Å². The van der Waals surface area contributed by atoms with Gasteiger partial charge in [-0.3, -0.25) is 0 Å². The molecule has 0 aliphatic rings. The van der Waals surface area contributed by atoms with E-state index in [1.807, 2.05) is 12.1 Å². The van der Waals surface area contributed by atoms with E-state index in [0.29, 0.717) is 0 Å². The molecule has 0 bridgehead atoms. The number of fused-ring (bicyclic) bond motifs is 1. The third-order valence-electron chi connectivity index (χ3n) is 6.57. The van der Waals surface area contributed by atoms with Crippen LogP contribution in [0.3, 0.4) is 0 Å². The van der Waals surface area contributed by atoms with E-state index in [2.05, 4.69) is 19.9 Å². The van der Waals surface area contributed by atoms with Crippen LogP contribution in [-0.2, 0) is 23.0 Å². The fourth-order valence-corrected chi connectivity index (χ4v) is 5.14. The minimum absolute atomic E-state index is 0. The van der Waals surface area contributed by atoms with Crippen molar-refractivity contribution >= 4 is 20.9 Å². The summed E-state index contributed by atoms with van der Waals surface area (Å²) in [6.45, 7) is 4.50. The molecular weight excluding hydrogens is 455 g/mol. The molecule has 0 aliphatic heterocycles. The Morgan fingerprint density at radius 2 is 1.18 bits per heavy atom. The first-order chi connectivity index (χ1) is 15.5. The van der Waals surface area contributed by atoms with Crippen LogP contribution in [0.1, 0.15) is 115 Å². The number of hydrogen-bond donors (Lipinski definition) is 0. The van der Waals surface area contributed by atoms with Crippen molar-refractivity contribution in [1.29, 1.82) is 0 Å². The molecule has 3 nitrogen and oxygen atoms in total. The summed E-state index contributed by atoms with van der Waals surface area (Å²) in [4.78, 5) is -0.133. The van der Waals surface area contributed by atoms with Crippen molar-refractivity contribution in [3.63, 3.8) is 0 Å². The summed E-state index contributed by atoms with van der Waals surface area (Å²) >= 11 is 0. The second kappa shape index (κ2) is 17.6. The molecule has 0 unspecified atom stereocenters. The van der Waals surface area contributed by atoms with Crippen LogP contribution in [0.15, 0.2) is 35.2 Å². The van der Waals surface area contributed by atoms with Crippen molar-refractivity contribution < 1.29 is 64.4 Å². The van der Waals surface area contributed by atoms with Gasteiger partial charge in [-0.05, 0) is 59.7 Å². The second-order valence-corrected chi connectivity index (χ2v) is 10.7. The van der Waals surface area contributed by atoms with E-state index in [1.165, 1.54) is 101 Å². The standard InChI is InChI=1S/C28H44O3S.K/c1-3-5-7-9-11-13-15-17-24-19-20-25-23-26(32(29,30)31)21-22-28(25)27(24)18-16-14-12-10-8-6-4-2;/h19-23H,3-18H2,1-2H3,(H,29,30,31);/q;+1/p-1. The van der Waals surface area contributed by atoms with Gasteiger partial charge >= 0.3 is 51.4 Å². The first kappa shape index (κ1) is 31.3. The molecular formula is C28H43KO3S. The molecule has 0 aliphatic carbocycles. The summed E-state index contributed by atoms with van der Waals surface area (Å²) in [5.74, 6) is 0. The van der Waals surface area contributed by atoms with Gasteiger partial charge in [0, 0.05) is 0 Å². The summed E-state index contributed by atoms with van der Waals surface area (Å²) in [5.41, 5.74) is 2.76. The van der Waals surface area contributed by atoms with Gasteiger partial charge < -0.3 is 4.55 Å². The van der Waals surface area contributed by atoms with Crippen LogP contribution in [0.4, 0.5) is 0 Å². The SMILES string of the molecule is CCCCCCCCCc1ccc2cc(S(=O)(=O)[O-])ccc2c1CCCCCCCCC.[K+]. The zero-order valence-corrected chi connectivity index (χ0v) is 25.3. The Balaban J connectivity index is 0.00000544. The molecule has 2 aromatic carbocycles. The number of rotatable bonds is 17. The van der Waals surface area contributed by atoms with E-state index in [4.69, 9.17) is 0 Å². The summed E-state index contributed by atoms with van der Waals surface area (Å²) < 4.78 is 34.4. The molecule has 0 heterocycles.